The quantitative estimate of drug-likeness (QED) is 0.873. The van der Waals surface area contributed by atoms with Gasteiger partial charge < -0.3 is 9.84 Å². The number of rotatable bonds is 1. The molecule has 0 amide bonds. The molecule has 0 bridgehead atoms. The Labute approximate surface area is 117 Å². The lowest BCUT2D eigenvalue weighted by Crippen LogP contribution is -2.30. The van der Waals surface area contributed by atoms with Crippen molar-refractivity contribution in [3.05, 3.63) is 48.0 Å². The summed E-state index contributed by atoms with van der Waals surface area (Å²) in [5, 5.41) is 9.93. The second kappa shape index (κ2) is 4.51. The lowest BCUT2D eigenvalue weighted by molar-refractivity contribution is -0.143. The van der Waals surface area contributed by atoms with E-state index in [0.29, 0.717) is 16.8 Å². The average molecular weight is 294 g/mol. The number of hydrogen-bond donors (Lipinski definition) is 1. The van der Waals surface area contributed by atoms with Crippen LogP contribution in [0.4, 0.5) is 13.2 Å². The molecule has 6 heteroatoms. The number of hydrogen-bond acceptors (Lipinski definition) is 2. The third-order valence-corrected chi connectivity index (χ3v) is 3.28. The number of benzene rings is 2. The molecule has 0 fully saturated rings. The molecule has 0 saturated carbocycles. The Morgan fingerprint density at radius 2 is 1.86 bits per heavy atom. The Bertz CT molecular complexity index is 762. The van der Waals surface area contributed by atoms with Crippen molar-refractivity contribution in [3.63, 3.8) is 0 Å². The molecule has 0 saturated heterocycles. The van der Waals surface area contributed by atoms with Gasteiger partial charge in [0, 0.05) is 5.56 Å². The van der Waals surface area contributed by atoms with Crippen LogP contribution in [-0.4, -0.2) is 23.4 Å². The molecule has 108 valence electrons. The van der Waals surface area contributed by atoms with Crippen LogP contribution in [0.3, 0.4) is 0 Å². The maximum atomic E-state index is 13.3. The molecule has 0 aliphatic carbocycles. The SMILES string of the molecule is O=C(O)C1C=C(C(F)(F)F)c2c(ccc3ccccc23)O1. The van der Waals surface area contributed by atoms with Gasteiger partial charge in [0.05, 0.1) is 5.57 Å². The van der Waals surface area contributed by atoms with Gasteiger partial charge in [-0.25, -0.2) is 4.79 Å². The maximum absolute atomic E-state index is 13.3. The third-order valence-electron chi connectivity index (χ3n) is 3.28. The van der Waals surface area contributed by atoms with E-state index in [0.717, 1.165) is 0 Å². The van der Waals surface area contributed by atoms with Gasteiger partial charge in [0.2, 0.25) is 6.10 Å². The molecule has 1 N–H and O–H groups in total. The van der Waals surface area contributed by atoms with Crippen LogP contribution in [-0.2, 0) is 4.79 Å². The molecule has 2 aromatic carbocycles. The Morgan fingerprint density at radius 3 is 2.52 bits per heavy atom. The molecule has 1 aliphatic rings. The van der Waals surface area contributed by atoms with Crippen LogP contribution in [0.1, 0.15) is 5.56 Å². The van der Waals surface area contributed by atoms with Gasteiger partial charge in [0.15, 0.2) is 0 Å². The smallest absolute Gasteiger partial charge is 0.416 e. The summed E-state index contributed by atoms with van der Waals surface area (Å²) >= 11 is 0. The largest absolute Gasteiger partial charge is 0.478 e. The number of aliphatic carboxylic acids is 1. The van der Waals surface area contributed by atoms with Gasteiger partial charge in [-0.15, -0.1) is 0 Å². The molecule has 3 nitrogen and oxygen atoms in total. The zero-order chi connectivity index (χ0) is 15.2. The van der Waals surface area contributed by atoms with Crippen molar-refractivity contribution in [2.24, 2.45) is 0 Å². The van der Waals surface area contributed by atoms with Crippen LogP contribution >= 0.6 is 0 Å². The summed E-state index contributed by atoms with van der Waals surface area (Å²) in [5.41, 5.74) is -1.09. The Kier molecular flexibility index (Phi) is 2.90. The summed E-state index contributed by atoms with van der Waals surface area (Å²) in [6, 6.07) is 9.55. The van der Waals surface area contributed by atoms with Crippen LogP contribution in [0, 0.1) is 0 Å². The monoisotopic (exact) mass is 294 g/mol. The molecular weight excluding hydrogens is 285 g/mol. The van der Waals surface area contributed by atoms with Crippen molar-refractivity contribution in [1.29, 1.82) is 0 Å². The normalized spacial score (nSPS) is 17.9. The summed E-state index contributed by atoms with van der Waals surface area (Å²) in [6.07, 6.45) is -5.69. The van der Waals surface area contributed by atoms with Gasteiger partial charge in [-0.05, 0) is 22.9 Å². The molecule has 21 heavy (non-hydrogen) atoms. The summed E-state index contributed by atoms with van der Waals surface area (Å²) in [5.74, 6) is -1.54. The first kappa shape index (κ1) is 13.5. The van der Waals surface area contributed by atoms with E-state index < -0.39 is 23.8 Å². The molecule has 3 rings (SSSR count). The van der Waals surface area contributed by atoms with Gasteiger partial charge in [-0.3, -0.25) is 0 Å². The molecule has 2 aromatic rings. The van der Waals surface area contributed by atoms with Crippen LogP contribution in [0.2, 0.25) is 0 Å². The average Bonchev–Trinajstić information content (AvgIpc) is 2.44. The van der Waals surface area contributed by atoms with Crippen LogP contribution in [0.15, 0.2) is 42.5 Å². The predicted molar refractivity (Wildman–Crippen MR) is 70.0 cm³/mol. The number of carboxylic acids is 1. The van der Waals surface area contributed by atoms with Crippen molar-refractivity contribution >= 4 is 22.3 Å². The highest BCUT2D eigenvalue weighted by molar-refractivity contribution is 5.99. The van der Waals surface area contributed by atoms with Crippen LogP contribution in [0.5, 0.6) is 5.75 Å². The van der Waals surface area contributed by atoms with E-state index in [4.69, 9.17) is 9.84 Å². The fraction of sp³-hybridized carbons (Fsp3) is 0.133. The fourth-order valence-corrected chi connectivity index (χ4v) is 2.39. The first-order valence-corrected chi connectivity index (χ1v) is 6.08. The van der Waals surface area contributed by atoms with Crippen molar-refractivity contribution in [3.8, 4) is 5.75 Å². The number of fused-ring (bicyclic) bond motifs is 3. The lowest BCUT2D eigenvalue weighted by Gasteiger charge is -2.25. The second-order valence-electron chi connectivity index (χ2n) is 4.61. The van der Waals surface area contributed by atoms with Gasteiger partial charge in [0.1, 0.15) is 5.75 Å². The zero-order valence-electron chi connectivity index (χ0n) is 10.5. The molecule has 1 atom stereocenters. The van der Waals surface area contributed by atoms with Crippen molar-refractivity contribution in [2.75, 3.05) is 0 Å². The highest BCUT2D eigenvalue weighted by Gasteiger charge is 2.41. The van der Waals surface area contributed by atoms with E-state index >= 15 is 0 Å². The topological polar surface area (TPSA) is 46.5 Å². The zero-order valence-corrected chi connectivity index (χ0v) is 10.5. The lowest BCUT2D eigenvalue weighted by atomic mass is 9.93. The molecular formula is C15H9F3O3. The second-order valence-corrected chi connectivity index (χ2v) is 4.61. The number of allylic oxidation sites excluding steroid dienone is 1. The molecule has 0 aromatic heterocycles. The standard InChI is InChI=1S/C15H9F3O3/c16-15(17,18)10-7-12(14(19)20)21-11-6-5-8-3-1-2-4-9(8)13(10)11/h1-7,12H,(H,19,20). The number of ether oxygens (including phenoxy) is 1. The molecule has 1 unspecified atom stereocenters. The maximum Gasteiger partial charge on any atom is 0.416 e. The van der Waals surface area contributed by atoms with Crippen molar-refractivity contribution in [2.45, 2.75) is 12.3 Å². The van der Waals surface area contributed by atoms with E-state index in [9.17, 15) is 18.0 Å². The summed E-state index contributed by atoms with van der Waals surface area (Å²) in [6.45, 7) is 0. The van der Waals surface area contributed by atoms with E-state index in [1.807, 2.05) is 0 Å². The predicted octanol–water partition coefficient (Wildman–Crippen LogP) is 3.63. The van der Waals surface area contributed by atoms with Crippen LogP contribution in [0.25, 0.3) is 16.3 Å². The van der Waals surface area contributed by atoms with E-state index in [1.165, 1.54) is 6.07 Å². The highest BCUT2D eigenvalue weighted by Crippen LogP contribution is 2.45. The number of carboxylic acid groups (broad SMARTS) is 1. The van der Waals surface area contributed by atoms with E-state index in [1.54, 1.807) is 30.3 Å². The molecule has 0 radical (unpaired) electrons. The summed E-state index contributed by atoms with van der Waals surface area (Å²) in [4.78, 5) is 11.0. The minimum absolute atomic E-state index is 0.0732. The third kappa shape index (κ3) is 2.22. The highest BCUT2D eigenvalue weighted by atomic mass is 19.4. The van der Waals surface area contributed by atoms with Crippen molar-refractivity contribution in [1.82, 2.24) is 0 Å². The van der Waals surface area contributed by atoms with Gasteiger partial charge in [0.25, 0.3) is 0 Å². The van der Waals surface area contributed by atoms with Gasteiger partial charge in [-0.1, -0.05) is 30.3 Å². The Morgan fingerprint density at radius 1 is 1.14 bits per heavy atom. The molecule has 1 aliphatic heterocycles. The van der Waals surface area contributed by atoms with E-state index in [2.05, 4.69) is 0 Å². The number of carbonyl (C=O) groups is 1. The Hall–Kier alpha value is -2.50. The summed E-state index contributed by atoms with van der Waals surface area (Å²) < 4.78 is 45.0. The minimum Gasteiger partial charge on any atom is -0.478 e. The summed E-state index contributed by atoms with van der Waals surface area (Å²) in [7, 11) is 0. The minimum atomic E-state index is -4.66. The van der Waals surface area contributed by atoms with Gasteiger partial charge >= 0.3 is 12.1 Å². The first-order chi connectivity index (χ1) is 9.88. The molecule has 0 spiro atoms. The number of alkyl halides is 3. The first-order valence-electron chi connectivity index (χ1n) is 6.08. The van der Waals surface area contributed by atoms with E-state index in [-0.39, 0.29) is 11.3 Å². The van der Waals surface area contributed by atoms with Gasteiger partial charge in [-0.2, -0.15) is 13.2 Å². The Balaban J connectivity index is 2.32. The molecule has 1 heterocycles. The van der Waals surface area contributed by atoms with Crippen LogP contribution < -0.4 is 4.74 Å². The fourth-order valence-electron chi connectivity index (χ4n) is 2.39. The number of halogens is 3. The van der Waals surface area contributed by atoms with Crippen molar-refractivity contribution < 1.29 is 27.8 Å².